The lowest BCUT2D eigenvalue weighted by Crippen LogP contribution is -1.85. The molecule has 1 heterocycles. The van der Waals surface area contributed by atoms with Gasteiger partial charge in [0.1, 0.15) is 5.75 Å². The van der Waals surface area contributed by atoms with E-state index < -0.39 is 0 Å². The van der Waals surface area contributed by atoms with Gasteiger partial charge < -0.3 is 5.11 Å². The molecule has 2 nitrogen and oxygen atoms in total. The van der Waals surface area contributed by atoms with E-state index in [1.165, 1.54) is 0 Å². The molecule has 1 aromatic heterocycles. The van der Waals surface area contributed by atoms with Gasteiger partial charge in [-0.3, -0.25) is 4.98 Å². The Morgan fingerprint density at radius 1 is 1.70 bits per heavy atom. The van der Waals surface area contributed by atoms with Crippen LogP contribution in [0, 0.1) is 0 Å². The zero-order valence-electron chi connectivity index (χ0n) is 5.63. The quantitative estimate of drug-likeness (QED) is 0.756. The topological polar surface area (TPSA) is 33.1 Å². The van der Waals surface area contributed by atoms with E-state index in [4.69, 9.17) is 0 Å². The molecule has 10 heavy (non-hydrogen) atoms. The number of aromatic nitrogens is 1. The summed E-state index contributed by atoms with van der Waals surface area (Å²) in [7, 11) is 0. The van der Waals surface area contributed by atoms with Crippen molar-refractivity contribution in [1.29, 1.82) is 0 Å². The second-order valence-electron chi connectivity index (χ2n) is 1.97. The average molecular weight is 202 g/mol. The van der Waals surface area contributed by atoms with Crippen LogP contribution in [0.3, 0.4) is 0 Å². The van der Waals surface area contributed by atoms with Crippen LogP contribution in [-0.2, 0) is 6.42 Å². The van der Waals surface area contributed by atoms with Crippen molar-refractivity contribution >= 4 is 15.9 Å². The number of rotatable bonds is 1. The van der Waals surface area contributed by atoms with Crippen LogP contribution >= 0.6 is 15.9 Å². The predicted octanol–water partition coefficient (Wildman–Crippen LogP) is 2.11. The lowest BCUT2D eigenvalue weighted by molar-refractivity contribution is 0.464. The first kappa shape index (κ1) is 7.54. The fourth-order valence-electron chi connectivity index (χ4n) is 0.729. The van der Waals surface area contributed by atoms with Crippen molar-refractivity contribution in [1.82, 2.24) is 4.98 Å². The van der Waals surface area contributed by atoms with E-state index in [2.05, 4.69) is 20.9 Å². The van der Waals surface area contributed by atoms with Gasteiger partial charge in [0.15, 0.2) is 0 Å². The molecule has 1 aromatic rings. The minimum absolute atomic E-state index is 0.261. The average Bonchev–Trinajstić information content (AvgIpc) is 1.88. The van der Waals surface area contributed by atoms with Gasteiger partial charge in [-0.05, 0) is 28.4 Å². The summed E-state index contributed by atoms with van der Waals surface area (Å²) in [4.78, 5) is 4.00. The molecule has 3 heteroatoms. The maximum atomic E-state index is 9.20. The summed E-state index contributed by atoms with van der Waals surface area (Å²) in [5.74, 6) is 0.261. The third-order valence-corrected chi connectivity index (χ3v) is 1.68. The second-order valence-corrected chi connectivity index (χ2v) is 2.89. The lowest BCUT2D eigenvalue weighted by Gasteiger charge is -1.98. The summed E-state index contributed by atoms with van der Waals surface area (Å²) in [5, 5.41) is 9.20. The second kappa shape index (κ2) is 3.01. The molecule has 0 radical (unpaired) electrons. The Kier molecular flexibility index (Phi) is 2.27. The molecule has 0 atom stereocenters. The SMILES string of the molecule is CCc1ncc(Br)cc1O. The van der Waals surface area contributed by atoms with Crippen LogP contribution in [0.2, 0.25) is 0 Å². The Labute approximate surface area is 68.0 Å². The number of hydrogen-bond donors (Lipinski definition) is 1. The maximum Gasteiger partial charge on any atom is 0.138 e. The molecule has 0 bridgehead atoms. The number of nitrogens with zero attached hydrogens (tertiary/aromatic N) is 1. The van der Waals surface area contributed by atoms with Gasteiger partial charge in [-0.2, -0.15) is 0 Å². The van der Waals surface area contributed by atoms with Crippen molar-refractivity contribution < 1.29 is 5.11 Å². The van der Waals surface area contributed by atoms with Crippen molar-refractivity contribution in [2.75, 3.05) is 0 Å². The summed E-state index contributed by atoms with van der Waals surface area (Å²) in [6.07, 6.45) is 2.44. The molecule has 0 saturated carbocycles. The van der Waals surface area contributed by atoms with E-state index in [-0.39, 0.29) is 5.75 Å². The Bertz CT molecular complexity index is 237. The molecule has 0 unspecified atom stereocenters. The molecule has 0 aliphatic heterocycles. The van der Waals surface area contributed by atoms with E-state index in [0.717, 1.165) is 16.6 Å². The van der Waals surface area contributed by atoms with Gasteiger partial charge in [0, 0.05) is 10.7 Å². The smallest absolute Gasteiger partial charge is 0.138 e. The molecular formula is C7H8BrNO. The van der Waals surface area contributed by atoms with Gasteiger partial charge in [0.2, 0.25) is 0 Å². The van der Waals surface area contributed by atoms with Crippen molar-refractivity contribution in [2.45, 2.75) is 13.3 Å². The van der Waals surface area contributed by atoms with Crippen LogP contribution in [0.1, 0.15) is 12.6 Å². The molecule has 1 N–H and O–H groups in total. The van der Waals surface area contributed by atoms with E-state index in [1.54, 1.807) is 12.3 Å². The summed E-state index contributed by atoms with van der Waals surface area (Å²) in [6.45, 7) is 1.95. The summed E-state index contributed by atoms with van der Waals surface area (Å²) >= 11 is 3.20. The normalized spacial score (nSPS) is 9.80. The van der Waals surface area contributed by atoms with Crippen LogP contribution < -0.4 is 0 Å². The fraction of sp³-hybridized carbons (Fsp3) is 0.286. The molecule has 0 fully saturated rings. The van der Waals surface area contributed by atoms with Gasteiger partial charge in [0.05, 0.1) is 5.69 Å². The molecule has 0 aromatic carbocycles. The molecule has 0 amide bonds. The summed E-state index contributed by atoms with van der Waals surface area (Å²) in [6, 6.07) is 1.64. The highest BCUT2D eigenvalue weighted by atomic mass is 79.9. The standard InChI is InChI=1S/C7H8BrNO/c1-2-6-7(10)3-5(8)4-9-6/h3-4,10H,2H2,1H3. The number of aromatic hydroxyl groups is 1. The van der Waals surface area contributed by atoms with E-state index in [0.29, 0.717) is 0 Å². The highest BCUT2D eigenvalue weighted by Crippen LogP contribution is 2.19. The first-order chi connectivity index (χ1) is 4.74. The zero-order valence-corrected chi connectivity index (χ0v) is 7.22. The third kappa shape index (κ3) is 1.48. The van der Waals surface area contributed by atoms with E-state index in [9.17, 15) is 5.11 Å². The number of aryl methyl sites for hydroxylation is 1. The molecule has 0 saturated heterocycles. The van der Waals surface area contributed by atoms with Crippen LogP contribution in [0.5, 0.6) is 5.75 Å². The van der Waals surface area contributed by atoms with Gasteiger partial charge in [-0.15, -0.1) is 0 Å². The predicted molar refractivity (Wildman–Crippen MR) is 43.0 cm³/mol. The van der Waals surface area contributed by atoms with E-state index >= 15 is 0 Å². The molecular weight excluding hydrogens is 194 g/mol. The molecule has 0 spiro atoms. The van der Waals surface area contributed by atoms with Crippen molar-refractivity contribution in [3.05, 3.63) is 22.4 Å². The van der Waals surface area contributed by atoms with Crippen LogP contribution in [0.4, 0.5) is 0 Å². The summed E-state index contributed by atoms with van der Waals surface area (Å²) in [5.41, 5.74) is 0.739. The van der Waals surface area contributed by atoms with Crippen LogP contribution in [0.15, 0.2) is 16.7 Å². The Morgan fingerprint density at radius 2 is 2.40 bits per heavy atom. The minimum Gasteiger partial charge on any atom is -0.506 e. The molecule has 0 aliphatic rings. The molecule has 54 valence electrons. The Balaban J connectivity index is 3.07. The third-order valence-electron chi connectivity index (χ3n) is 1.25. The van der Waals surface area contributed by atoms with E-state index in [1.807, 2.05) is 6.92 Å². The van der Waals surface area contributed by atoms with Gasteiger partial charge in [-0.25, -0.2) is 0 Å². The largest absolute Gasteiger partial charge is 0.506 e. The lowest BCUT2D eigenvalue weighted by atomic mass is 10.3. The number of pyridine rings is 1. The first-order valence-corrected chi connectivity index (χ1v) is 3.86. The van der Waals surface area contributed by atoms with Crippen LogP contribution in [-0.4, -0.2) is 10.1 Å². The number of hydrogen-bond acceptors (Lipinski definition) is 2. The van der Waals surface area contributed by atoms with Crippen molar-refractivity contribution in [3.8, 4) is 5.75 Å². The Morgan fingerprint density at radius 3 is 2.90 bits per heavy atom. The van der Waals surface area contributed by atoms with Gasteiger partial charge in [0.25, 0.3) is 0 Å². The highest BCUT2D eigenvalue weighted by Gasteiger charge is 1.98. The summed E-state index contributed by atoms with van der Waals surface area (Å²) < 4.78 is 0.808. The minimum atomic E-state index is 0.261. The van der Waals surface area contributed by atoms with Crippen molar-refractivity contribution in [3.63, 3.8) is 0 Å². The highest BCUT2D eigenvalue weighted by molar-refractivity contribution is 9.10. The van der Waals surface area contributed by atoms with Gasteiger partial charge >= 0.3 is 0 Å². The molecule has 0 aliphatic carbocycles. The first-order valence-electron chi connectivity index (χ1n) is 3.07. The fourth-order valence-corrected chi connectivity index (χ4v) is 1.05. The monoisotopic (exact) mass is 201 g/mol. The van der Waals surface area contributed by atoms with Gasteiger partial charge in [-0.1, -0.05) is 6.92 Å². The number of halogens is 1. The zero-order chi connectivity index (χ0) is 7.56. The Hall–Kier alpha value is -0.570. The maximum absolute atomic E-state index is 9.20. The van der Waals surface area contributed by atoms with Crippen molar-refractivity contribution in [2.24, 2.45) is 0 Å². The molecule has 1 rings (SSSR count). The van der Waals surface area contributed by atoms with Crippen LogP contribution in [0.25, 0.3) is 0 Å².